The highest BCUT2D eigenvalue weighted by Gasteiger charge is 2.41. The average Bonchev–Trinajstić information content (AvgIpc) is 3.12. The van der Waals surface area contributed by atoms with Gasteiger partial charge in [-0.2, -0.15) is 0 Å². The van der Waals surface area contributed by atoms with Gasteiger partial charge in [-0.15, -0.1) is 11.3 Å². The molecule has 0 radical (unpaired) electrons. The van der Waals surface area contributed by atoms with Crippen LogP contribution in [0.5, 0.6) is 0 Å². The number of nitrogens with zero attached hydrogens (tertiary/aromatic N) is 2. The number of hydrogen-bond acceptors (Lipinski definition) is 4. The third-order valence-electron chi connectivity index (χ3n) is 4.65. The molecule has 5 heteroatoms. The Morgan fingerprint density at radius 1 is 1.29 bits per heavy atom. The number of likely N-dealkylation sites (tertiary alicyclic amines) is 1. The van der Waals surface area contributed by atoms with Crippen molar-refractivity contribution in [1.82, 2.24) is 9.88 Å². The smallest absolute Gasteiger partial charge is 0.106 e. The van der Waals surface area contributed by atoms with Crippen molar-refractivity contribution in [2.45, 2.75) is 18.8 Å². The molecular formula is C16H19BrN2OS. The minimum Gasteiger partial charge on any atom is -0.307 e. The van der Waals surface area contributed by atoms with E-state index in [9.17, 15) is 0 Å². The molecule has 2 aliphatic rings. The van der Waals surface area contributed by atoms with Crippen LogP contribution >= 0.6 is 27.3 Å². The fourth-order valence-electron chi connectivity index (χ4n) is 3.83. The number of carbonyl (C=O) groups excluding carboxylic acids is 1. The Hall–Kier alpha value is -0.780. The molecule has 0 spiro atoms. The monoisotopic (exact) mass is 366 g/mol. The molecule has 2 aromatic rings. The van der Waals surface area contributed by atoms with Crippen LogP contribution < -0.4 is 0 Å². The van der Waals surface area contributed by atoms with Gasteiger partial charge in [-0.25, -0.2) is 4.98 Å². The van der Waals surface area contributed by atoms with Gasteiger partial charge in [0.2, 0.25) is 0 Å². The van der Waals surface area contributed by atoms with Gasteiger partial charge in [0.25, 0.3) is 0 Å². The molecule has 4 rings (SSSR count). The van der Waals surface area contributed by atoms with Crippen LogP contribution in [-0.2, 0) is 4.79 Å². The van der Waals surface area contributed by atoms with Crippen molar-refractivity contribution < 1.29 is 4.79 Å². The SMILES string of the molecule is C=O.CN1C[C@H]2CC(c3nc4cc(Br)ccc4s3)C[C@H]2C1. The summed E-state index contributed by atoms with van der Waals surface area (Å²) in [4.78, 5) is 15.4. The van der Waals surface area contributed by atoms with E-state index in [0.717, 1.165) is 21.8 Å². The van der Waals surface area contributed by atoms with Crippen LogP contribution in [0.25, 0.3) is 10.2 Å². The lowest BCUT2D eigenvalue weighted by atomic mass is 10.0. The van der Waals surface area contributed by atoms with Gasteiger partial charge in [0.15, 0.2) is 0 Å². The average molecular weight is 367 g/mol. The summed E-state index contributed by atoms with van der Waals surface area (Å²) in [5.41, 5.74) is 1.16. The van der Waals surface area contributed by atoms with E-state index in [0.29, 0.717) is 5.92 Å². The first-order valence-electron chi connectivity index (χ1n) is 7.22. The van der Waals surface area contributed by atoms with Crippen molar-refractivity contribution in [3.63, 3.8) is 0 Å². The lowest BCUT2D eigenvalue weighted by Crippen LogP contribution is -2.16. The Kier molecular flexibility index (Phi) is 4.43. The maximum atomic E-state index is 8.00. The molecule has 1 aliphatic carbocycles. The molecule has 1 aromatic carbocycles. The summed E-state index contributed by atoms with van der Waals surface area (Å²) >= 11 is 5.43. The van der Waals surface area contributed by atoms with Crippen molar-refractivity contribution >= 4 is 44.3 Å². The molecular weight excluding hydrogens is 348 g/mol. The van der Waals surface area contributed by atoms with Gasteiger partial charge in [-0.1, -0.05) is 15.9 Å². The summed E-state index contributed by atoms with van der Waals surface area (Å²) in [6.07, 6.45) is 2.69. The normalized spacial score (nSPS) is 28.4. The summed E-state index contributed by atoms with van der Waals surface area (Å²) in [6.45, 7) is 4.58. The minimum absolute atomic E-state index is 0.708. The zero-order valence-electron chi connectivity index (χ0n) is 12.1. The van der Waals surface area contributed by atoms with Gasteiger partial charge in [-0.05, 0) is 49.9 Å². The summed E-state index contributed by atoms with van der Waals surface area (Å²) in [5, 5.41) is 1.37. The van der Waals surface area contributed by atoms with Crippen molar-refractivity contribution in [2.75, 3.05) is 20.1 Å². The van der Waals surface area contributed by atoms with Gasteiger partial charge in [0.05, 0.1) is 15.2 Å². The Bertz CT molecular complexity index is 630. The summed E-state index contributed by atoms with van der Waals surface area (Å²) in [5.74, 6) is 2.53. The molecule has 1 aromatic heterocycles. The van der Waals surface area contributed by atoms with E-state index in [1.165, 1.54) is 35.6 Å². The lowest BCUT2D eigenvalue weighted by Gasteiger charge is -2.12. The largest absolute Gasteiger partial charge is 0.307 e. The topological polar surface area (TPSA) is 33.2 Å². The molecule has 21 heavy (non-hydrogen) atoms. The highest BCUT2D eigenvalue weighted by Crippen LogP contribution is 2.47. The fraction of sp³-hybridized carbons (Fsp3) is 0.500. The molecule has 3 atom stereocenters. The van der Waals surface area contributed by atoms with E-state index in [1.807, 2.05) is 18.1 Å². The van der Waals surface area contributed by atoms with E-state index >= 15 is 0 Å². The van der Waals surface area contributed by atoms with E-state index in [-0.39, 0.29) is 0 Å². The molecule has 3 nitrogen and oxygen atoms in total. The molecule has 2 heterocycles. The van der Waals surface area contributed by atoms with E-state index < -0.39 is 0 Å². The summed E-state index contributed by atoms with van der Waals surface area (Å²) in [6, 6.07) is 6.44. The van der Waals surface area contributed by atoms with Crippen molar-refractivity contribution in [2.24, 2.45) is 11.8 Å². The number of hydrogen-bond donors (Lipinski definition) is 0. The van der Waals surface area contributed by atoms with Gasteiger partial charge in [-0.3, -0.25) is 0 Å². The molecule has 1 aliphatic heterocycles. The van der Waals surface area contributed by atoms with Crippen LogP contribution in [0.4, 0.5) is 0 Å². The lowest BCUT2D eigenvalue weighted by molar-refractivity contribution is -0.0979. The maximum absolute atomic E-state index is 8.00. The molecule has 0 bridgehead atoms. The van der Waals surface area contributed by atoms with E-state index in [4.69, 9.17) is 9.78 Å². The van der Waals surface area contributed by atoms with E-state index in [2.05, 4.69) is 46.1 Å². The second-order valence-corrected chi connectivity index (χ2v) is 8.05. The number of benzene rings is 1. The van der Waals surface area contributed by atoms with Crippen molar-refractivity contribution in [3.8, 4) is 0 Å². The number of aromatic nitrogens is 1. The van der Waals surface area contributed by atoms with Crippen LogP contribution in [0.15, 0.2) is 22.7 Å². The van der Waals surface area contributed by atoms with Crippen LogP contribution in [0.1, 0.15) is 23.8 Å². The van der Waals surface area contributed by atoms with Gasteiger partial charge < -0.3 is 9.69 Å². The van der Waals surface area contributed by atoms with Gasteiger partial charge >= 0.3 is 0 Å². The number of thiazole rings is 1. The van der Waals surface area contributed by atoms with Crippen molar-refractivity contribution in [1.29, 1.82) is 0 Å². The predicted molar refractivity (Wildman–Crippen MR) is 90.9 cm³/mol. The highest BCUT2D eigenvalue weighted by atomic mass is 79.9. The first-order chi connectivity index (χ1) is 10.2. The van der Waals surface area contributed by atoms with Crippen LogP contribution in [-0.4, -0.2) is 36.8 Å². The molecule has 2 fully saturated rings. The second-order valence-electron chi connectivity index (χ2n) is 6.07. The fourth-order valence-corrected chi connectivity index (χ4v) is 5.25. The molecule has 0 N–H and O–H groups in total. The van der Waals surface area contributed by atoms with Crippen LogP contribution in [0, 0.1) is 11.8 Å². The van der Waals surface area contributed by atoms with Crippen LogP contribution in [0.2, 0.25) is 0 Å². The number of fused-ring (bicyclic) bond motifs is 2. The van der Waals surface area contributed by atoms with Gasteiger partial charge in [0, 0.05) is 23.5 Å². The quantitative estimate of drug-likeness (QED) is 0.766. The van der Waals surface area contributed by atoms with Crippen LogP contribution in [0.3, 0.4) is 0 Å². The highest BCUT2D eigenvalue weighted by molar-refractivity contribution is 9.10. The molecule has 1 saturated heterocycles. The maximum Gasteiger partial charge on any atom is 0.106 e. The second kappa shape index (κ2) is 6.15. The Morgan fingerprint density at radius 3 is 2.62 bits per heavy atom. The first kappa shape index (κ1) is 15.1. The third-order valence-corrected chi connectivity index (χ3v) is 6.34. The number of halogens is 1. The molecule has 0 amide bonds. The predicted octanol–water partition coefficient (Wildman–Crippen LogP) is 3.93. The molecule has 1 unspecified atom stereocenters. The number of carbonyl (C=O) groups is 1. The Balaban J connectivity index is 0.000000636. The van der Waals surface area contributed by atoms with Crippen molar-refractivity contribution in [3.05, 3.63) is 27.7 Å². The Morgan fingerprint density at radius 2 is 1.95 bits per heavy atom. The zero-order chi connectivity index (χ0) is 15.0. The minimum atomic E-state index is 0.708. The zero-order valence-corrected chi connectivity index (χ0v) is 14.5. The van der Waals surface area contributed by atoms with Gasteiger partial charge in [0.1, 0.15) is 6.79 Å². The standard InChI is InChI=1S/C15H17BrN2S.CH2O/c1-18-7-10-4-9(5-11(10)8-18)15-17-13-6-12(16)2-3-14(13)19-15;1-2/h2-3,6,9-11H,4-5,7-8H2,1H3;1H2/t9?,10-,11+;. The first-order valence-corrected chi connectivity index (χ1v) is 8.83. The Labute approximate surface area is 137 Å². The van der Waals surface area contributed by atoms with E-state index in [1.54, 1.807) is 0 Å². The molecule has 1 saturated carbocycles. The third kappa shape index (κ3) is 2.91. The molecule has 112 valence electrons. The summed E-state index contributed by atoms with van der Waals surface area (Å²) < 4.78 is 2.45. The number of rotatable bonds is 1. The summed E-state index contributed by atoms with van der Waals surface area (Å²) in [7, 11) is 2.25.